The number of rotatable bonds is 3. The molecule has 0 bridgehead atoms. The molecule has 4 rings (SSSR count). The van der Waals surface area contributed by atoms with E-state index in [1.165, 1.54) is 0 Å². The fourth-order valence-electron chi connectivity index (χ4n) is 2.68. The van der Waals surface area contributed by atoms with E-state index < -0.39 is 0 Å². The molecule has 3 nitrogen and oxygen atoms in total. The van der Waals surface area contributed by atoms with Crippen LogP contribution in [-0.4, -0.2) is 9.97 Å². The summed E-state index contributed by atoms with van der Waals surface area (Å²) in [6.07, 6.45) is 1.58. The van der Waals surface area contributed by atoms with Crippen LogP contribution >= 0.6 is 34.5 Å². The number of anilines is 2. The van der Waals surface area contributed by atoms with Crippen molar-refractivity contribution in [3.63, 3.8) is 0 Å². The molecule has 0 unspecified atom stereocenters. The first-order valence-corrected chi connectivity index (χ1v) is 9.27. The maximum Gasteiger partial charge on any atom is 0.143 e. The minimum Gasteiger partial charge on any atom is -0.339 e. The Bertz CT molecular complexity index is 1060. The van der Waals surface area contributed by atoms with E-state index in [0.717, 1.165) is 43.4 Å². The highest BCUT2D eigenvalue weighted by Crippen LogP contribution is 2.38. The monoisotopic (exact) mass is 385 g/mol. The lowest BCUT2D eigenvalue weighted by Crippen LogP contribution is -1.97. The van der Waals surface area contributed by atoms with Gasteiger partial charge in [-0.05, 0) is 42.3 Å². The van der Waals surface area contributed by atoms with Crippen molar-refractivity contribution < 1.29 is 0 Å². The van der Waals surface area contributed by atoms with Crippen molar-refractivity contribution in [1.82, 2.24) is 9.97 Å². The molecule has 0 saturated carbocycles. The van der Waals surface area contributed by atoms with Gasteiger partial charge in [0.1, 0.15) is 17.0 Å². The largest absolute Gasteiger partial charge is 0.339 e. The number of benzene rings is 2. The van der Waals surface area contributed by atoms with E-state index in [-0.39, 0.29) is 0 Å². The summed E-state index contributed by atoms with van der Waals surface area (Å²) in [5.41, 5.74) is 4.08. The number of aromatic nitrogens is 2. The summed E-state index contributed by atoms with van der Waals surface area (Å²) in [5.74, 6) is 0.765. The van der Waals surface area contributed by atoms with E-state index in [2.05, 4.69) is 20.7 Å². The van der Waals surface area contributed by atoms with Gasteiger partial charge in [0.15, 0.2) is 0 Å². The van der Waals surface area contributed by atoms with Crippen molar-refractivity contribution in [1.29, 1.82) is 0 Å². The Hall–Kier alpha value is -2.14. The zero-order valence-corrected chi connectivity index (χ0v) is 15.6. The first-order chi connectivity index (χ1) is 12.1. The van der Waals surface area contributed by atoms with Crippen molar-refractivity contribution in [2.24, 2.45) is 0 Å². The van der Waals surface area contributed by atoms with Gasteiger partial charge in [-0.3, -0.25) is 0 Å². The molecule has 4 aromatic rings. The maximum absolute atomic E-state index is 6.24. The van der Waals surface area contributed by atoms with E-state index in [1.807, 2.05) is 49.4 Å². The van der Waals surface area contributed by atoms with Gasteiger partial charge >= 0.3 is 0 Å². The zero-order valence-electron chi connectivity index (χ0n) is 13.3. The molecule has 0 aliphatic rings. The summed E-state index contributed by atoms with van der Waals surface area (Å²) in [6.45, 7) is 1.98. The Morgan fingerprint density at radius 1 is 1.00 bits per heavy atom. The van der Waals surface area contributed by atoms with Crippen molar-refractivity contribution in [2.75, 3.05) is 5.32 Å². The molecule has 2 aromatic carbocycles. The molecule has 2 aromatic heterocycles. The Balaban J connectivity index is 1.86. The van der Waals surface area contributed by atoms with Gasteiger partial charge in [0.25, 0.3) is 0 Å². The third-order valence-electron chi connectivity index (χ3n) is 4.05. The fourth-order valence-corrected chi connectivity index (χ4v) is 3.90. The SMILES string of the molecule is Cc1c(Cl)cccc1Nc1ncnc2scc(-c3ccc(Cl)cc3)c12. The van der Waals surface area contributed by atoms with Crippen molar-refractivity contribution >= 4 is 56.3 Å². The standard InChI is InChI=1S/C19H13Cl2N3S/c1-11-15(21)3-2-4-16(11)24-18-17-14(9-25-19(17)23-10-22-18)12-5-7-13(20)8-6-12/h2-10H,1H3,(H,22,23,24). The molecule has 0 aliphatic carbocycles. The average molecular weight is 386 g/mol. The Kier molecular flexibility index (Phi) is 4.34. The Morgan fingerprint density at radius 3 is 2.60 bits per heavy atom. The first-order valence-electron chi connectivity index (χ1n) is 7.64. The van der Waals surface area contributed by atoms with E-state index in [1.54, 1.807) is 17.7 Å². The molecule has 1 N–H and O–H groups in total. The molecule has 0 saturated heterocycles. The lowest BCUT2D eigenvalue weighted by molar-refractivity contribution is 1.23. The Morgan fingerprint density at radius 2 is 1.80 bits per heavy atom. The van der Waals surface area contributed by atoms with Gasteiger partial charge in [0.2, 0.25) is 0 Å². The fraction of sp³-hybridized carbons (Fsp3) is 0.0526. The van der Waals surface area contributed by atoms with Crippen LogP contribution in [0.25, 0.3) is 21.3 Å². The van der Waals surface area contributed by atoms with Crippen LogP contribution in [0.5, 0.6) is 0 Å². The highest BCUT2D eigenvalue weighted by molar-refractivity contribution is 7.17. The molecule has 0 spiro atoms. The van der Waals surface area contributed by atoms with Crippen LogP contribution in [0.15, 0.2) is 54.2 Å². The van der Waals surface area contributed by atoms with Crippen molar-refractivity contribution in [3.8, 4) is 11.1 Å². The summed E-state index contributed by atoms with van der Waals surface area (Å²) in [6, 6.07) is 13.6. The van der Waals surface area contributed by atoms with Crippen LogP contribution in [0.4, 0.5) is 11.5 Å². The third kappa shape index (κ3) is 3.09. The first kappa shape index (κ1) is 16.3. The maximum atomic E-state index is 6.24. The van der Waals surface area contributed by atoms with E-state index in [9.17, 15) is 0 Å². The average Bonchev–Trinajstić information content (AvgIpc) is 3.05. The number of nitrogens with zero attached hydrogens (tertiary/aromatic N) is 2. The summed E-state index contributed by atoms with van der Waals surface area (Å²) in [4.78, 5) is 9.80. The van der Waals surface area contributed by atoms with E-state index in [4.69, 9.17) is 23.2 Å². The van der Waals surface area contributed by atoms with E-state index in [0.29, 0.717) is 5.02 Å². The smallest absolute Gasteiger partial charge is 0.143 e. The van der Waals surface area contributed by atoms with Gasteiger partial charge in [-0.25, -0.2) is 9.97 Å². The number of hydrogen-bond donors (Lipinski definition) is 1. The van der Waals surface area contributed by atoms with Gasteiger partial charge in [-0.15, -0.1) is 11.3 Å². The lowest BCUT2D eigenvalue weighted by atomic mass is 10.1. The normalized spacial score (nSPS) is 11.0. The predicted octanol–water partition coefficient (Wildman–Crippen LogP) is 6.72. The molecular weight excluding hydrogens is 373 g/mol. The van der Waals surface area contributed by atoms with Crippen LogP contribution in [0.1, 0.15) is 5.56 Å². The van der Waals surface area contributed by atoms with Gasteiger partial charge in [0.05, 0.1) is 5.39 Å². The van der Waals surface area contributed by atoms with Gasteiger partial charge < -0.3 is 5.32 Å². The molecular formula is C19H13Cl2N3S. The van der Waals surface area contributed by atoms with Crippen molar-refractivity contribution in [3.05, 3.63) is 69.8 Å². The van der Waals surface area contributed by atoms with Crippen LogP contribution < -0.4 is 5.32 Å². The van der Waals surface area contributed by atoms with Crippen LogP contribution in [0.2, 0.25) is 10.0 Å². The predicted molar refractivity (Wildman–Crippen MR) is 107 cm³/mol. The molecule has 0 radical (unpaired) electrons. The number of hydrogen-bond acceptors (Lipinski definition) is 4. The van der Waals surface area contributed by atoms with E-state index >= 15 is 0 Å². The number of halogens is 2. The summed E-state index contributed by atoms with van der Waals surface area (Å²) < 4.78 is 0. The van der Waals surface area contributed by atoms with Gasteiger partial charge in [-0.1, -0.05) is 41.4 Å². The minimum absolute atomic E-state index is 0.715. The van der Waals surface area contributed by atoms with Crippen LogP contribution in [0.3, 0.4) is 0 Å². The molecule has 2 heterocycles. The topological polar surface area (TPSA) is 37.8 Å². The molecule has 0 amide bonds. The second-order valence-corrected chi connectivity index (χ2v) is 7.30. The molecule has 0 fully saturated rings. The quantitative estimate of drug-likeness (QED) is 0.425. The zero-order chi connectivity index (χ0) is 17.4. The second-order valence-electron chi connectivity index (χ2n) is 5.60. The minimum atomic E-state index is 0.715. The highest BCUT2D eigenvalue weighted by atomic mass is 35.5. The summed E-state index contributed by atoms with van der Waals surface area (Å²) in [5, 5.41) is 7.94. The van der Waals surface area contributed by atoms with Gasteiger partial charge in [0, 0.05) is 26.7 Å². The molecule has 6 heteroatoms. The number of thiophene rings is 1. The molecule has 124 valence electrons. The number of nitrogens with one attached hydrogen (secondary N) is 1. The summed E-state index contributed by atoms with van der Waals surface area (Å²) in [7, 11) is 0. The van der Waals surface area contributed by atoms with Crippen molar-refractivity contribution in [2.45, 2.75) is 6.92 Å². The van der Waals surface area contributed by atoms with Crippen LogP contribution in [0, 0.1) is 6.92 Å². The second kappa shape index (κ2) is 6.64. The third-order valence-corrected chi connectivity index (χ3v) is 5.59. The van der Waals surface area contributed by atoms with Crippen LogP contribution in [-0.2, 0) is 0 Å². The molecule has 0 atom stereocenters. The number of fused-ring (bicyclic) bond motifs is 1. The highest BCUT2D eigenvalue weighted by Gasteiger charge is 2.14. The Labute approximate surface area is 159 Å². The molecule has 0 aliphatic heterocycles. The lowest BCUT2D eigenvalue weighted by Gasteiger charge is -2.11. The van der Waals surface area contributed by atoms with Gasteiger partial charge in [-0.2, -0.15) is 0 Å². The summed E-state index contributed by atoms with van der Waals surface area (Å²) >= 11 is 13.8. The molecule has 25 heavy (non-hydrogen) atoms.